The molecule has 0 atom stereocenters. The van der Waals surface area contributed by atoms with Gasteiger partial charge in [0.1, 0.15) is 5.15 Å². The average Bonchev–Trinajstić information content (AvgIpc) is 2.83. The molecule has 0 radical (unpaired) electrons. The van der Waals surface area contributed by atoms with E-state index in [1.807, 2.05) is 6.92 Å². The third-order valence-electron chi connectivity index (χ3n) is 2.95. The van der Waals surface area contributed by atoms with Gasteiger partial charge in [-0.3, -0.25) is 9.89 Å². The largest absolute Gasteiger partial charge is 0.397 e. The van der Waals surface area contributed by atoms with Gasteiger partial charge >= 0.3 is 0 Å². The molecule has 2 aromatic rings. The molecule has 1 amide bonds. The summed E-state index contributed by atoms with van der Waals surface area (Å²) in [6.45, 7) is 2.52. The summed E-state index contributed by atoms with van der Waals surface area (Å²) in [5.41, 5.74) is 8.51. The molecule has 0 fully saturated rings. The summed E-state index contributed by atoms with van der Waals surface area (Å²) in [6.07, 6.45) is 4.89. The first-order valence-electron chi connectivity index (χ1n) is 6.26. The first kappa shape index (κ1) is 14.3. The lowest BCUT2D eigenvalue weighted by Gasteiger charge is -2.06. The van der Waals surface area contributed by atoms with E-state index >= 15 is 0 Å². The minimum absolute atomic E-state index is 0.155. The molecule has 0 saturated carbocycles. The van der Waals surface area contributed by atoms with Gasteiger partial charge in [0.25, 0.3) is 5.91 Å². The number of carbonyl (C=O) groups excluding carboxylic acids is 1. The van der Waals surface area contributed by atoms with Crippen molar-refractivity contribution in [2.45, 2.75) is 19.8 Å². The maximum Gasteiger partial charge on any atom is 0.254 e. The standard InChI is InChI=1S/C13H16ClN5O/c1-8-9(6-18-19-8)3-2-4-16-13(20)11-5-10(15)7-17-12(11)14/h5-7H,2-4,15H2,1H3,(H,16,20)(H,18,19). The van der Waals surface area contributed by atoms with Gasteiger partial charge in [0.15, 0.2) is 0 Å². The molecule has 2 heterocycles. The highest BCUT2D eigenvalue weighted by Gasteiger charge is 2.11. The predicted octanol–water partition coefficient (Wildman–Crippen LogP) is 1.71. The van der Waals surface area contributed by atoms with Crippen molar-refractivity contribution >= 4 is 23.2 Å². The van der Waals surface area contributed by atoms with Crippen molar-refractivity contribution in [2.24, 2.45) is 0 Å². The topological polar surface area (TPSA) is 96.7 Å². The molecular weight excluding hydrogens is 278 g/mol. The molecule has 2 rings (SSSR count). The number of hydrogen-bond acceptors (Lipinski definition) is 4. The number of halogens is 1. The lowest BCUT2D eigenvalue weighted by molar-refractivity contribution is 0.0953. The van der Waals surface area contributed by atoms with Crippen molar-refractivity contribution in [3.05, 3.63) is 40.4 Å². The van der Waals surface area contributed by atoms with Gasteiger partial charge in [-0.25, -0.2) is 4.98 Å². The molecule has 2 aromatic heterocycles. The lowest BCUT2D eigenvalue weighted by atomic mass is 10.1. The van der Waals surface area contributed by atoms with Gasteiger partial charge < -0.3 is 11.1 Å². The molecule has 106 valence electrons. The first-order chi connectivity index (χ1) is 9.58. The number of rotatable bonds is 5. The van der Waals surface area contributed by atoms with Crippen molar-refractivity contribution in [2.75, 3.05) is 12.3 Å². The van der Waals surface area contributed by atoms with Crippen LogP contribution in [0.25, 0.3) is 0 Å². The maximum atomic E-state index is 11.9. The maximum absolute atomic E-state index is 11.9. The van der Waals surface area contributed by atoms with Gasteiger partial charge in [0.05, 0.1) is 23.6 Å². The number of pyridine rings is 1. The fourth-order valence-electron chi connectivity index (χ4n) is 1.83. The first-order valence-corrected chi connectivity index (χ1v) is 6.64. The Morgan fingerprint density at radius 2 is 2.30 bits per heavy atom. The number of nitrogens with two attached hydrogens (primary N) is 1. The van der Waals surface area contributed by atoms with E-state index in [4.69, 9.17) is 17.3 Å². The number of hydrogen-bond donors (Lipinski definition) is 3. The van der Waals surface area contributed by atoms with E-state index in [1.165, 1.54) is 12.3 Å². The summed E-state index contributed by atoms with van der Waals surface area (Å²) < 4.78 is 0. The van der Waals surface area contributed by atoms with E-state index in [9.17, 15) is 4.79 Å². The molecule has 0 aromatic carbocycles. The van der Waals surface area contributed by atoms with Crippen LogP contribution >= 0.6 is 11.6 Å². The van der Waals surface area contributed by atoms with Crippen LogP contribution in [0.3, 0.4) is 0 Å². The third kappa shape index (κ3) is 3.48. The van der Waals surface area contributed by atoms with E-state index in [2.05, 4.69) is 20.5 Å². The van der Waals surface area contributed by atoms with Crippen LogP contribution in [0.15, 0.2) is 18.5 Å². The van der Waals surface area contributed by atoms with Gasteiger partial charge in [-0.1, -0.05) is 11.6 Å². The van der Waals surface area contributed by atoms with E-state index < -0.39 is 0 Å². The van der Waals surface area contributed by atoms with Crippen LogP contribution in [0.2, 0.25) is 5.15 Å². The fraction of sp³-hybridized carbons (Fsp3) is 0.308. The molecule has 0 aliphatic heterocycles. The second-order valence-corrected chi connectivity index (χ2v) is 4.84. The highest BCUT2D eigenvalue weighted by molar-refractivity contribution is 6.32. The molecule has 0 bridgehead atoms. The van der Waals surface area contributed by atoms with Crippen LogP contribution in [0.1, 0.15) is 28.0 Å². The Kier molecular flexibility index (Phi) is 4.57. The van der Waals surface area contributed by atoms with Crippen LogP contribution in [-0.2, 0) is 6.42 Å². The Morgan fingerprint density at radius 1 is 1.50 bits per heavy atom. The second kappa shape index (κ2) is 6.38. The predicted molar refractivity (Wildman–Crippen MR) is 77.6 cm³/mol. The Labute approximate surface area is 121 Å². The number of carbonyl (C=O) groups is 1. The van der Waals surface area contributed by atoms with Crippen molar-refractivity contribution in [3.8, 4) is 0 Å². The van der Waals surface area contributed by atoms with Crippen molar-refractivity contribution in [1.29, 1.82) is 0 Å². The van der Waals surface area contributed by atoms with E-state index in [0.717, 1.165) is 24.1 Å². The summed E-state index contributed by atoms with van der Waals surface area (Å²) >= 11 is 5.87. The van der Waals surface area contributed by atoms with Crippen LogP contribution < -0.4 is 11.1 Å². The molecular formula is C13H16ClN5O. The van der Waals surface area contributed by atoms with Crippen LogP contribution in [0.4, 0.5) is 5.69 Å². The van der Waals surface area contributed by atoms with Crippen molar-refractivity contribution in [1.82, 2.24) is 20.5 Å². The SMILES string of the molecule is Cc1[nH]ncc1CCCNC(=O)c1cc(N)cnc1Cl. The fourth-order valence-corrected chi connectivity index (χ4v) is 2.02. The third-order valence-corrected chi connectivity index (χ3v) is 3.25. The van der Waals surface area contributed by atoms with E-state index in [1.54, 1.807) is 6.20 Å². The van der Waals surface area contributed by atoms with Crippen molar-refractivity contribution in [3.63, 3.8) is 0 Å². The zero-order valence-corrected chi connectivity index (χ0v) is 11.9. The number of aromatic amines is 1. The van der Waals surface area contributed by atoms with Gasteiger partial charge in [-0.05, 0) is 31.4 Å². The molecule has 20 heavy (non-hydrogen) atoms. The van der Waals surface area contributed by atoms with Gasteiger partial charge in [-0.2, -0.15) is 5.10 Å². The summed E-state index contributed by atoms with van der Waals surface area (Å²) in [5.74, 6) is -0.265. The van der Waals surface area contributed by atoms with Crippen LogP contribution in [0.5, 0.6) is 0 Å². The smallest absolute Gasteiger partial charge is 0.254 e. The summed E-state index contributed by atoms with van der Waals surface area (Å²) in [7, 11) is 0. The number of aryl methyl sites for hydroxylation is 2. The summed E-state index contributed by atoms with van der Waals surface area (Å²) in [4.78, 5) is 15.8. The second-order valence-electron chi connectivity index (χ2n) is 4.49. The molecule has 0 spiro atoms. The lowest BCUT2D eigenvalue weighted by Crippen LogP contribution is -2.25. The van der Waals surface area contributed by atoms with Crippen LogP contribution in [0, 0.1) is 6.92 Å². The van der Waals surface area contributed by atoms with Gasteiger partial charge in [0.2, 0.25) is 0 Å². The van der Waals surface area contributed by atoms with Gasteiger partial charge in [0, 0.05) is 12.2 Å². The quantitative estimate of drug-likeness (QED) is 0.577. The number of nitrogens with one attached hydrogen (secondary N) is 2. The highest BCUT2D eigenvalue weighted by atomic mass is 35.5. The molecule has 0 aliphatic carbocycles. The molecule has 6 nitrogen and oxygen atoms in total. The Balaban J connectivity index is 1.83. The number of nitrogen functional groups attached to an aromatic ring is 1. The minimum Gasteiger partial charge on any atom is -0.397 e. The Hall–Kier alpha value is -2.08. The normalized spacial score (nSPS) is 10.5. The van der Waals surface area contributed by atoms with Crippen LogP contribution in [-0.4, -0.2) is 27.6 Å². The monoisotopic (exact) mass is 293 g/mol. The molecule has 0 saturated heterocycles. The highest BCUT2D eigenvalue weighted by Crippen LogP contribution is 2.15. The molecule has 4 N–H and O–H groups in total. The zero-order chi connectivity index (χ0) is 14.5. The van der Waals surface area contributed by atoms with Gasteiger partial charge in [-0.15, -0.1) is 0 Å². The number of amides is 1. The number of aromatic nitrogens is 3. The number of nitrogens with zero attached hydrogens (tertiary/aromatic N) is 2. The molecule has 0 aliphatic rings. The molecule has 7 heteroatoms. The minimum atomic E-state index is -0.265. The average molecular weight is 294 g/mol. The number of H-pyrrole nitrogens is 1. The molecule has 0 unspecified atom stereocenters. The summed E-state index contributed by atoms with van der Waals surface area (Å²) in [5, 5.41) is 9.79. The Morgan fingerprint density at radius 3 is 3.00 bits per heavy atom. The zero-order valence-electron chi connectivity index (χ0n) is 11.1. The summed E-state index contributed by atoms with van der Waals surface area (Å²) in [6, 6.07) is 1.52. The van der Waals surface area contributed by atoms with E-state index in [-0.39, 0.29) is 11.1 Å². The number of anilines is 1. The van der Waals surface area contributed by atoms with E-state index in [0.29, 0.717) is 17.8 Å². The van der Waals surface area contributed by atoms with Crippen molar-refractivity contribution < 1.29 is 4.79 Å². The Bertz CT molecular complexity index is 611.